The van der Waals surface area contributed by atoms with Gasteiger partial charge >= 0.3 is 5.91 Å². The van der Waals surface area contributed by atoms with E-state index >= 15 is 0 Å². The van der Waals surface area contributed by atoms with Gasteiger partial charge in [0.1, 0.15) is 11.8 Å². The average molecular weight is 298 g/mol. The molecule has 21 heavy (non-hydrogen) atoms. The van der Waals surface area contributed by atoms with Gasteiger partial charge < -0.3 is 4.74 Å². The van der Waals surface area contributed by atoms with Crippen molar-refractivity contribution in [3.63, 3.8) is 0 Å². The van der Waals surface area contributed by atoms with Gasteiger partial charge in [-0.3, -0.25) is 0 Å². The van der Waals surface area contributed by atoms with Crippen LogP contribution >= 0.6 is 11.3 Å². The van der Waals surface area contributed by atoms with Crippen LogP contribution < -0.4 is 9.64 Å². The molecule has 0 saturated heterocycles. The lowest BCUT2D eigenvalue weighted by Crippen LogP contribution is -3.14. The molecule has 0 aliphatic carbocycles. The van der Waals surface area contributed by atoms with Gasteiger partial charge in [0.15, 0.2) is 17.8 Å². The molecular formula is C15H12N3O2S+. The molecule has 2 aromatic rings. The van der Waals surface area contributed by atoms with Crippen LogP contribution in [0.5, 0.6) is 5.75 Å². The number of aliphatic imine (C=N–C) groups is 1. The number of methoxy groups -OCH3 is 1. The molecule has 1 amide bonds. The number of carbonyl (C=O) groups is 1. The Morgan fingerprint density at radius 2 is 2.14 bits per heavy atom. The van der Waals surface area contributed by atoms with Crippen LogP contribution in [0.4, 0.5) is 5.69 Å². The summed E-state index contributed by atoms with van der Waals surface area (Å²) in [5.74, 6) is 0.699. The Morgan fingerprint density at radius 3 is 2.81 bits per heavy atom. The highest BCUT2D eigenvalue weighted by atomic mass is 32.1. The molecule has 0 saturated carbocycles. The lowest BCUT2D eigenvalue weighted by atomic mass is 10.2. The molecule has 6 heteroatoms. The molecule has 104 valence electrons. The first kappa shape index (κ1) is 13.5. The van der Waals surface area contributed by atoms with Gasteiger partial charge in [0, 0.05) is 4.88 Å². The van der Waals surface area contributed by atoms with Crippen molar-refractivity contribution in [1.29, 1.82) is 5.26 Å². The number of rotatable bonds is 3. The van der Waals surface area contributed by atoms with E-state index < -0.39 is 0 Å². The van der Waals surface area contributed by atoms with Gasteiger partial charge in [0.05, 0.1) is 12.8 Å². The van der Waals surface area contributed by atoms with Crippen LogP contribution in [-0.4, -0.2) is 25.9 Å². The van der Waals surface area contributed by atoms with Crippen LogP contribution in [0.3, 0.4) is 0 Å². The first-order chi connectivity index (χ1) is 10.2. The number of fused-ring (bicyclic) bond motifs is 1. The first-order valence-corrected chi connectivity index (χ1v) is 7.14. The topological polar surface area (TPSA) is 66.9 Å². The number of nitrogens with one attached hydrogen (secondary N) is 1. The molecule has 1 atom stereocenters. The van der Waals surface area contributed by atoms with Gasteiger partial charge in [-0.25, -0.2) is 14.7 Å². The number of hydrogen-bond donors (Lipinski definition) is 1. The minimum Gasteiger partial charge on any atom is -0.497 e. The second-order valence-electron chi connectivity index (χ2n) is 4.50. The highest BCUT2D eigenvalue weighted by molar-refractivity contribution is 7.18. The van der Waals surface area contributed by atoms with E-state index in [1.807, 2.05) is 36.4 Å². The summed E-state index contributed by atoms with van der Waals surface area (Å²) in [6, 6.07) is 11.6. The summed E-state index contributed by atoms with van der Waals surface area (Å²) in [6.45, 7) is 0.0948. The number of nitriles is 1. The summed E-state index contributed by atoms with van der Waals surface area (Å²) < 4.78 is 5.14. The van der Waals surface area contributed by atoms with Crippen molar-refractivity contribution in [1.82, 2.24) is 0 Å². The van der Waals surface area contributed by atoms with Crippen LogP contribution in [0.25, 0.3) is 10.4 Å². The third kappa shape index (κ3) is 2.44. The number of hydrogen-bond acceptors (Lipinski definition) is 5. The Kier molecular flexibility index (Phi) is 3.52. The van der Waals surface area contributed by atoms with Crippen molar-refractivity contribution >= 4 is 29.3 Å². The molecule has 1 unspecified atom stereocenters. The number of quaternary nitrogens is 1. The summed E-state index contributed by atoms with van der Waals surface area (Å²) in [5.41, 5.74) is 1.69. The van der Waals surface area contributed by atoms with Crippen LogP contribution in [0.1, 0.15) is 9.67 Å². The molecule has 1 aromatic heterocycles. The molecule has 1 aliphatic rings. The van der Waals surface area contributed by atoms with E-state index in [2.05, 4.69) is 4.99 Å². The second kappa shape index (κ2) is 5.48. The molecule has 3 rings (SSSR count). The fourth-order valence-electron chi connectivity index (χ4n) is 2.10. The van der Waals surface area contributed by atoms with Gasteiger partial charge in [-0.15, -0.1) is 11.3 Å². The largest absolute Gasteiger partial charge is 0.497 e. The summed E-state index contributed by atoms with van der Waals surface area (Å²) in [6.07, 6.45) is 1.50. The van der Waals surface area contributed by atoms with Crippen molar-refractivity contribution < 1.29 is 14.4 Å². The van der Waals surface area contributed by atoms with E-state index in [-0.39, 0.29) is 12.5 Å². The zero-order valence-electron chi connectivity index (χ0n) is 11.3. The summed E-state index contributed by atoms with van der Waals surface area (Å²) in [4.78, 5) is 18.6. The molecule has 1 N–H and O–H groups in total. The van der Waals surface area contributed by atoms with Gasteiger partial charge in [-0.05, 0) is 35.9 Å². The number of carbonyl (C=O) groups excluding carboxylic acids is 1. The van der Waals surface area contributed by atoms with Gasteiger partial charge in [0.2, 0.25) is 0 Å². The zero-order valence-corrected chi connectivity index (χ0v) is 12.1. The maximum Gasteiger partial charge on any atom is 0.363 e. The second-order valence-corrected chi connectivity index (χ2v) is 5.55. The van der Waals surface area contributed by atoms with E-state index in [0.29, 0.717) is 15.5 Å². The van der Waals surface area contributed by atoms with E-state index in [1.54, 1.807) is 7.11 Å². The number of amides is 1. The molecule has 0 radical (unpaired) electrons. The van der Waals surface area contributed by atoms with Crippen molar-refractivity contribution in [3.8, 4) is 22.3 Å². The quantitative estimate of drug-likeness (QED) is 0.876. The summed E-state index contributed by atoms with van der Waals surface area (Å²) in [5, 5.41) is 8.72. The Labute approximate surface area is 125 Å². The summed E-state index contributed by atoms with van der Waals surface area (Å²) >= 11 is 1.41. The molecule has 0 spiro atoms. The van der Waals surface area contributed by atoms with Gasteiger partial charge in [-0.1, -0.05) is 0 Å². The molecule has 5 nitrogen and oxygen atoms in total. The van der Waals surface area contributed by atoms with Crippen molar-refractivity contribution in [3.05, 3.63) is 35.2 Å². The molecule has 1 aliphatic heterocycles. The highest BCUT2D eigenvalue weighted by Gasteiger charge is 2.29. The summed E-state index contributed by atoms with van der Waals surface area (Å²) in [7, 11) is 1.62. The molecule has 1 aromatic carbocycles. The van der Waals surface area contributed by atoms with Crippen molar-refractivity contribution in [2.45, 2.75) is 0 Å². The SMILES string of the molecule is COc1ccc(-c2cc3c(s2)C(=O)[NH+](CC#N)C=N3)cc1. The first-order valence-electron chi connectivity index (χ1n) is 6.32. The van der Waals surface area contributed by atoms with Gasteiger partial charge in [-0.2, -0.15) is 5.26 Å². The van der Waals surface area contributed by atoms with E-state index in [0.717, 1.165) is 16.2 Å². The highest BCUT2D eigenvalue weighted by Crippen LogP contribution is 2.37. The molecular weight excluding hydrogens is 286 g/mol. The fraction of sp³-hybridized carbons (Fsp3) is 0.133. The van der Waals surface area contributed by atoms with Crippen LogP contribution in [0, 0.1) is 11.3 Å². The van der Waals surface area contributed by atoms with Crippen molar-refractivity contribution in [2.24, 2.45) is 4.99 Å². The Hall–Kier alpha value is -2.49. The fourth-order valence-corrected chi connectivity index (χ4v) is 3.18. The maximum absolute atomic E-state index is 12.3. The normalized spacial score (nSPS) is 16.4. The van der Waals surface area contributed by atoms with Crippen LogP contribution in [0.2, 0.25) is 0 Å². The third-order valence-corrected chi connectivity index (χ3v) is 4.39. The zero-order chi connectivity index (χ0) is 14.8. The predicted octanol–water partition coefficient (Wildman–Crippen LogP) is 1.65. The number of benzene rings is 1. The number of nitrogens with zero attached hydrogens (tertiary/aromatic N) is 2. The Bertz CT molecular complexity index is 756. The van der Waals surface area contributed by atoms with Crippen molar-refractivity contribution in [2.75, 3.05) is 13.7 Å². The smallest absolute Gasteiger partial charge is 0.363 e. The lowest BCUT2D eigenvalue weighted by molar-refractivity contribution is -0.695. The number of ether oxygens (including phenoxy) is 1. The van der Waals surface area contributed by atoms with Crippen LogP contribution in [-0.2, 0) is 0 Å². The van der Waals surface area contributed by atoms with Crippen LogP contribution in [0.15, 0.2) is 35.3 Å². The minimum absolute atomic E-state index is 0.0914. The Balaban J connectivity index is 1.95. The molecule has 2 heterocycles. The Morgan fingerprint density at radius 1 is 1.38 bits per heavy atom. The standard InChI is InChI=1S/C15H11N3O2S/c1-20-11-4-2-10(3-5-11)13-8-12-14(21-13)15(19)18(7-6-16)9-17-12/h2-5,8-9H,7H2,1H3/p+1. The van der Waals surface area contributed by atoms with Gasteiger partial charge in [0.25, 0.3) is 0 Å². The number of thiophene rings is 1. The molecule has 0 bridgehead atoms. The van der Waals surface area contributed by atoms with E-state index in [4.69, 9.17) is 10.00 Å². The minimum atomic E-state index is -0.0914. The average Bonchev–Trinajstić information content (AvgIpc) is 2.95. The van der Waals surface area contributed by atoms with E-state index in [1.165, 1.54) is 17.7 Å². The maximum atomic E-state index is 12.3. The monoisotopic (exact) mass is 298 g/mol. The third-order valence-electron chi connectivity index (χ3n) is 3.21. The lowest BCUT2D eigenvalue weighted by Gasteiger charge is -2.10. The van der Waals surface area contributed by atoms with E-state index in [9.17, 15) is 4.79 Å². The molecule has 0 fully saturated rings. The predicted molar refractivity (Wildman–Crippen MR) is 80.2 cm³/mol.